The minimum atomic E-state index is 0.497. The van der Waals surface area contributed by atoms with Crippen molar-refractivity contribution in [2.45, 2.75) is 12.8 Å². The number of hydrogen-bond donors (Lipinski definition) is 0. The first-order chi connectivity index (χ1) is 10.0. The zero-order valence-electron chi connectivity index (χ0n) is 12.3. The molecule has 2 aromatic rings. The first-order valence-corrected chi connectivity index (χ1v) is 7.67. The summed E-state index contributed by atoms with van der Waals surface area (Å²) < 4.78 is 5.83. The van der Waals surface area contributed by atoms with E-state index in [4.69, 9.17) is 27.9 Å². The first kappa shape index (κ1) is 16.2. The molecule has 2 nitrogen and oxygen atoms in total. The van der Waals surface area contributed by atoms with Gasteiger partial charge in [-0.15, -0.1) is 0 Å². The third-order valence-corrected chi connectivity index (χ3v) is 3.84. The highest BCUT2D eigenvalue weighted by atomic mass is 35.5. The van der Waals surface area contributed by atoms with Gasteiger partial charge in [0.1, 0.15) is 11.5 Å². The van der Waals surface area contributed by atoms with Crippen LogP contribution in [-0.2, 0) is 6.42 Å². The Morgan fingerprint density at radius 1 is 0.952 bits per heavy atom. The van der Waals surface area contributed by atoms with Gasteiger partial charge in [-0.3, -0.25) is 0 Å². The van der Waals surface area contributed by atoms with Crippen LogP contribution in [0.1, 0.15) is 12.0 Å². The fraction of sp³-hybridized carbons (Fsp3) is 0.294. The highest BCUT2D eigenvalue weighted by molar-refractivity contribution is 6.42. The Hall–Kier alpha value is -1.22. The average molecular weight is 324 g/mol. The quantitative estimate of drug-likeness (QED) is 0.717. The van der Waals surface area contributed by atoms with Crippen molar-refractivity contribution in [3.8, 4) is 11.5 Å². The maximum Gasteiger partial charge on any atom is 0.129 e. The van der Waals surface area contributed by atoms with Gasteiger partial charge in [0.15, 0.2) is 0 Å². The molecular formula is C17H19Cl2NO. The number of halogens is 2. The molecule has 0 aliphatic rings. The predicted octanol–water partition coefficient (Wildman–Crippen LogP) is 5.28. The number of rotatable bonds is 6. The molecule has 0 fully saturated rings. The van der Waals surface area contributed by atoms with Crippen molar-refractivity contribution >= 4 is 23.2 Å². The zero-order chi connectivity index (χ0) is 15.2. The number of nitrogens with zero attached hydrogens (tertiary/aromatic N) is 1. The van der Waals surface area contributed by atoms with E-state index < -0.39 is 0 Å². The van der Waals surface area contributed by atoms with E-state index in [0.29, 0.717) is 15.8 Å². The third kappa shape index (κ3) is 5.24. The first-order valence-electron chi connectivity index (χ1n) is 6.91. The molecule has 0 aliphatic heterocycles. The van der Waals surface area contributed by atoms with Gasteiger partial charge >= 0.3 is 0 Å². The van der Waals surface area contributed by atoms with Crippen molar-refractivity contribution in [1.29, 1.82) is 0 Å². The molecule has 0 aromatic heterocycles. The van der Waals surface area contributed by atoms with Crippen LogP contribution < -0.4 is 4.74 Å². The van der Waals surface area contributed by atoms with Gasteiger partial charge in [-0.05, 0) is 63.3 Å². The van der Waals surface area contributed by atoms with Gasteiger partial charge in [0, 0.05) is 6.07 Å². The Bertz CT molecular complexity index is 599. The summed E-state index contributed by atoms with van der Waals surface area (Å²) in [5, 5.41) is 1.03. The van der Waals surface area contributed by atoms with E-state index in [1.165, 1.54) is 5.56 Å². The number of aryl methyl sites for hydroxylation is 1. The number of hydrogen-bond acceptors (Lipinski definition) is 2. The molecule has 0 saturated heterocycles. The van der Waals surface area contributed by atoms with Crippen molar-refractivity contribution in [3.63, 3.8) is 0 Å². The molecule has 0 unspecified atom stereocenters. The Labute approximate surface area is 136 Å². The Kier molecular flexibility index (Phi) is 5.92. The maximum atomic E-state index is 5.99. The summed E-state index contributed by atoms with van der Waals surface area (Å²) in [5.74, 6) is 1.51. The van der Waals surface area contributed by atoms with Gasteiger partial charge in [0.05, 0.1) is 10.0 Å². The summed E-state index contributed by atoms with van der Waals surface area (Å²) in [5.41, 5.74) is 1.27. The monoisotopic (exact) mass is 323 g/mol. The SMILES string of the molecule is CN(C)CCCc1cccc(Oc2ccc(Cl)c(Cl)c2)c1. The Balaban J connectivity index is 2.01. The van der Waals surface area contributed by atoms with Gasteiger partial charge in [-0.2, -0.15) is 0 Å². The number of ether oxygens (including phenoxy) is 1. The molecule has 0 heterocycles. The molecule has 4 heteroatoms. The van der Waals surface area contributed by atoms with E-state index in [0.717, 1.165) is 25.1 Å². The third-order valence-electron chi connectivity index (χ3n) is 3.10. The van der Waals surface area contributed by atoms with Crippen LogP contribution >= 0.6 is 23.2 Å². The van der Waals surface area contributed by atoms with Crippen LogP contribution in [0.2, 0.25) is 10.0 Å². The van der Waals surface area contributed by atoms with Gasteiger partial charge in [0.2, 0.25) is 0 Å². The smallest absolute Gasteiger partial charge is 0.129 e. The van der Waals surface area contributed by atoms with Crippen molar-refractivity contribution < 1.29 is 4.74 Å². The van der Waals surface area contributed by atoms with Crippen molar-refractivity contribution in [1.82, 2.24) is 4.90 Å². The van der Waals surface area contributed by atoms with Crippen LogP contribution in [-0.4, -0.2) is 25.5 Å². The van der Waals surface area contributed by atoms with Crippen LogP contribution in [0.25, 0.3) is 0 Å². The molecule has 2 rings (SSSR count). The molecular weight excluding hydrogens is 305 g/mol. The standard InChI is InChI=1S/C17H19Cl2NO/c1-20(2)10-4-6-13-5-3-7-14(11-13)21-15-8-9-16(18)17(19)12-15/h3,5,7-9,11-12H,4,6,10H2,1-2H3. The number of benzene rings is 2. The Morgan fingerprint density at radius 3 is 2.43 bits per heavy atom. The van der Waals surface area contributed by atoms with E-state index in [1.807, 2.05) is 18.2 Å². The lowest BCUT2D eigenvalue weighted by Crippen LogP contribution is -2.13. The van der Waals surface area contributed by atoms with Crippen molar-refractivity contribution in [2.75, 3.05) is 20.6 Å². The minimum Gasteiger partial charge on any atom is -0.457 e. The van der Waals surface area contributed by atoms with E-state index in [9.17, 15) is 0 Å². The van der Waals surface area contributed by atoms with E-state index in [1.54, 1.807) is 12.1 Å². The van der Waals surface area contributed by atoms with Gasteiger partial charge in [-0.25, -0.2) is 0 Å². The summed E-state index contributed by atoms with van der Waals surface area (Å²) >= 11 is 11.9. The molecule has 0 spiro atoms. The highest BCUT2D eigenvalue weighted by Gasteiger charge is 2.03. The summed E-state index contributed by atoms with van der Waals surface area (Å²) in [7, 11) is 4.17. The van der Waals surface area contributed by atoms with Crippen LogP contribution in [0.5, 0.6) is 11.5 Å². The molecule has 0 atom stereocenters. The summed E-state index contributed by atoms with van der Waals surface area (Å²) in [6, 6.07) is 13.4. The van der Waals surface area contributed by atoms with Crippen molar-refractivity contribution in [2.24, 2.45) is 0 Å². The van der Waals surface area contributed by atoms with Gasteiger partial charge in [-0.1, -0.05) is 35.3 Å². The minimum absolute atomic E-state index is 0.497. The predicted molar refractivity (Wildman–Crippen MR) is 89.9 cm³/mol. The molecule has 0 amide bonds. The van der Waals surface area contributed by atoms with Crippen LogP contribution in [0.4, 0.5) is 0 Å². The second-order valence-corrected chi connectivity index (χ2v) is 6.05. The second kappa shape index (κ2) is 7.69. The molecule has 21 heavy (non-hydrogen) atoms. The van der Waals surface area contributed by atoms with Crippen molar-refractivity contribution in [3.05, 3.63) is 58.1 Å². The summed E-state index contributed by atoms with van der Waals surface area (Å²) in [6.45, 7) is 1.08. The highest BCUT2D eigenvalue weighted by Crippen LogP contribution is 2.29. The maximum absolute atomic E-state index is 5.99. The molecule has 0 saturated carbocycles. The molecule has 0 aliphatic carbocycles. The summed E-state index contributed by atoms with van der Waals surface area (Å²) in [6.07, 6.45) is 2.17. The topological polar surface area (TPSA) is 12.5 Å². The summed E-state index contributed by atoms with van der Waals surface area (Å²) in [4.78, 5) is 2.19. The molecule has 0 N–H and O–H groups in total. The fourth-order valence-corrected chi connectivity index (χ4v) is 2.33. The lowest BCUT2D eigenvalue weighted by Gasteiger charge is -2.10. The molecule has 0 radical (unpaired) electrons. The lowest BCUT2D eigenvalue weighted by atomic mass is 10.1. The van der Waals surface area contributed by atoms with Crippen LogP contribution in [0, 0.1) is 0 Å². The van der Waals surface area contributed by atoms with E-state index >= 15 is 0 Å². The van der Waals surface area contributed by atoms with Crippen LogP contribution in [0.15, 0.2) is 42.5 Å². The molecule has 0 bridgehead atoms. The Morgan fingerprint density at radius 2 is 1.71 bits per heavy atom. The molecule has 112 valence electrons. The largest absolute Gasteiger partial charge is 0.457 e. The second-order valence-electron chi connectivity index (χ2n) is 5.23. The lowest BCUT2D eigenvalue weighted by molar-refractivity contribution is 0.400. The van der Waals surface area contributed by atoms with Crippen LogP contribution in [0.3, 0.4) is 0 Å². The van der Waals surface area contributed by atoms with Gasteiger partial charge < -0.3 is 9.64 Å². The van der Waals surface area contributed by atoms with E-state index in [-0.39, 0.29) is 0 Å². The zero-order valence-corrected chi connectivity index (χ0v) is 13.8. The normalized spacial score (nSPS) is 10.9. The van der Waals surface area contributed by atoms with Gasteiger partial charge in [0.25, 0.3) is 0 Å². The average Bonchev–Trinajstić information content (AvgIpc) is 2.43. The molecule has 2 aromatic carbocycles. The van der Waals surface area contributed by atoms with E-state index in [2.05, 4.69) is 31.1 Å². The fourth-order valence-electron chi connectivity index (χ4n) is 2.04.